The van der Waals surface area contributed by atoms with Crippen molar-refractivity contribution in [1.82, 2.24) is 20.1 Å². The smallest absolute Gasteiger partial charge is 0.317 e. The van der Waals surface area contributed by atoms with Gasteiger partial charge in [-0.3, -0.25) is 9.78 Å². The SMILES string of the molecule is CCNC(=O)N1CCN(C(=O)Cc2cccc3cccnc23)CC1. The van der Waals surface area contributed by atoms with E-state index in [1.165, 1.54) is 0 Å². The van der Waals surface area contributed by atoms with E-state index in [0.717, 1.165) is 16.5 Å². The molecule has 0 radical (unpaired) electrons. The van der Waals surface area contributed by atoms with Crippen molar-refractivity contribution in [3.8, 4) is 0 Å². The van der Waals surface area contributed by atoms with Gasteiger partial charge in [-0.25, -0.2) is 4.79 Å². The number of benzene rings is 1. The Kier molecular flexibility index (Phi) is 4.93. The van der Waals surface area contributed by atoms with Crippen molar-refractivity contribution < 1.29 is 9.59 Å². The summed E-state index contributed by atoms with van der Waals surface area (Å²) in [5.74, 6) is 0.0868. The summed E-state index contributed by atoms with van der Waals surface area (Å²) in [7, 11) is 0. The minimum atomic E-state index is -0.0529. The summed E-state index contributed by atoms with van der Waals surface area (Å²) in [5.41, 5.74) is 1.83. The van der Waals surface area contributed by atoms with Gasteiger partial charge in [0.1, 0.15) is 0 Å². The Labute approximate surface area is 141 Å². The molecule has 2 heterocycles. The van der Waals surface area contributed by atoms with E-state index in [2.05, 4.69) is 10.3 Å². The van der Waals surface area contributed by atoms with Crippen LogP contribution < -0.4 is 5.32 Å². The van der Waals surface area contributed by atoms with Gasteiger partial charge in [0.15, 0.2) is 0 Å². The number of hydrogen-bond donors (Lipinski definition) is 1. The van der Waals surface area contributed by atoms with Gasteiger partial charge in [-0.05, 0) is 18.6 Å². The maximum absolute atomic E-state index is 12.6. The lowest BCUT2D eigenvalue weighted by atomic mass is 10.1. The number of nitrogens with one attached hydrogen (secondary N) is 1. The number of piperazine rings is 1. The second kappa shape index (κ2) is 7.29. The zero-order valence-corrected chi connectivity index (χ0v) is 13.9. The molecule has 0 saturated carbocycles. The van der Waals surface area contributed by atoms with Crippen LogP contribution in [0.5, 0.6) is 0 Å². The average Bonchev–Trinajstić information content (AvgIpc) is 2.62. The number of hydrogen-bond acceptors (Lipinski definition) is 3. The molecular weight excluding hydrogens is 304 g/mol. The van der Waals surface area contributed by atoms with Crippen LogP contribution in [-0.4, -0.2) is 59.4 Å². The number of nitrogens with zero attached hydrogens (tertiary/aromatic N) is 3. The van der Waals surface area contributed by atoms with Crippen molar-refractivity contribution in [2.45, 2.75) is 13.3 Å². The Hall–Kier alpha value is -2.63. The van der Waals surface area contributed by atoms with E-state index in [-0.39, 0.29) is 11.9 Å². The second-order valence-electron chi connectivity index (χ2n) is 5.87. The Bertz CT molecular complexity index is 733. The van der Waals surface area contributed by atoms with Gasteiger partial charge in [0.05, 0.1) is 11.9 Å². The summed E-state index contributed by atoms with van der Waals surface area (Å²) in [4.78, 5) is 32.4. The third kappa shape index (κ3) is 3.48. The summed E-state index contributed by atoms with van der Waals surface area (Å²) in [6.07, 6.45) is 2.09. The molecule has 1 aliphatic rings. The van der Waals surface area contributed by atoms with Crippen LogP contribution in [0.25, 0.3) is 10.9 Å². The molecule has 1 aromatic heterocycles. The molecule has 1 fully saturated rings. The fourth-order valence-electron chi connectivity index (χ4n) is 3.01. The van der Waals surface area contributed by atoms with Gasteiger partial charge in [0, 0.05) is 44.3 Å². The van der Waals surface area contributed by atoms with E-state index in [0.29, 0.717) is 39.1 Å². The van der Waals surface area contributed by atoms with E-state index < -0.39 is 0 Å². The Morgan fingerprint density at radius 1 is 1.08 bits per heavy atom. The summed E-state index contributed by atoms with van der Waals surface area (Å²) in [6, 6.07) is 9.76. The van der Waals surface area contributed by atoms with Crippen molar-refractivity contribution >= 4 is 22.8 Å². The van der Waals surface area contributed by atoms with Crippen molar-refractivity contribution in [1.29, 1.82) is 0 Å². The fourth-order valence-corrected chi connectivity index (χ4v) is 3.01. The highest BCUT2D eigenvalue weighted by Gasteiger charge is 2.24. The van der Waals surface area contributed by atoms with Gasteiger partial charge in [-0.15, -0.1) is 0 Å². The van der Waals surface area contributed by atoms with E-state index in [9.17, 15) is 9.59 Å². The highest BCUT2D eigenvalue weighted by molar-refractivity contribution is 5.87. The summed E-state index contributed by atoms with van der Waals surface area (Å²) in [6.45, 7) is 4.82. The zero-order chi connectivity index (χ0) is 16.9. The topological polar surface area (TPSA) is 65.5 Å². The molecule has 0 unspecified atom stereocenters. The number of aromatic nitrogens is 1. The van der Waals surface area contributed by atoms with Gasteiger partial charge < -0.3 is 15.1 Å². The van der Waals surface area contributed by atoms with Gasteiger partial charge in [0.2, 0.25) is 5.91 Å². The van der Waals surface area contributed by atoms with Crippen molar-refractivity contribution in [3.05, 3.63) is 42.1 Å². The number of carbonyl (C=O) groups is 2. The third-order valence-corrected chi connectivity index (χ3v) is 4.31. The number of para-hydroxylation sites is 1. The fraction of sp³-hybridized carbons (Fsp3) is 0.389. The van der Waals surface area contributed by atoms with Crippen LogP contribution in [0.1, 0.15) is 12.5 Å². The quantitative estimate of drug-likeness (QED) is 0.933. The largest absolute Gasteiger partial charge is 0.339 e. The summed E-state index contributed by atoms with van der Waals surface area (Å²) in [5, 5.41) is 3.84. The lowest BCUT2D eigenvalue weighted by Crippen LogP contribution is -2.53. The number of carbonyl (C=O) groups excluding carboxylic acids is 2. The second-order valence-corrected chi connectivity index (χ2v) is 5.87. The van der Waals surface area contributed by atoms with Crippen LogP contribution in [0, 0.1) is 0 Å². The lowest BCUT2D eigenvalue weighted by Gasteiger charge is -2.34. The van der Waals surface area contributed by atoms with Crippen LogP contribution in [0.4, 0.5) is 4.79 Å². The van der Waals surface area contributed by atoms with Crippen molar-refractivity contribution in [2.75, 3.05) is 32.7 Å². The predicted octanol–water partition coefficient (Wildman–Crippen LogP) is 1.65. The van der Waals surface area contributed by atoms with Gasteiger partial charge in [-0.1, -0.05) is 24.3 Å². The molecule has 1 saturated heterocycles. The average molecular weight is 326 g/mol. The van der Waals surface area contributed by atoms with Crippen LogP contribution in [-0.2, 0) is 11.2 Å². The maximum atomic E-state index is 12.6. The van der Waals surface area contributed by atoms with Crippen LogP contribution in [0.15, 0.2) is 36.5 Å². The highest BCUT2D eigenvalue weighted by Crippen LogP contribution is 2.17. The number of pyridine rings is 1. The minimum Gasteiger partial charge on any atom is -0.339 e. The molecular formula is C18H22N4O2. The molecule has 1 aliphatic heterocycles. The van der Waals surface area contributed by atoms with Gasteiger partial charge in [0.25, 0.3) is 0 Å². The molecule has 2 aromatic rings. The van der Waals surface area contributed by atoms with E-state index in [1.807, 2.05) is 42.2 Å². The van der Waals surface area contributed by atoms with Gasteiger partial charge >= 0.3 is 6.03 Å². The zero-order valence-electron chi connectivity index (χ0n) is 13.9. The standard InChI is InChI=1S/C18H22N4O2/c1-2-19-18(24)22-11-9-21(10-12-22)16(23)13-15-6-3-5-14-7-4-8-20-17(14)15/h3-8H,2,9-13H2,1H3,(H,19,24). The van der Waals surface area contributed by atoms with Crippen LogP contribution >= 0.6 is 0 Å². The first-order chi connectivity index (χ1) is 11.7. The lowest BCUT2D eigenvalue weighted by molar-refractivity contribution is -0.131. The van der Waals surface area contributed by atoms with E-state index in [1.54, 1.807) is 11.1 Å². The van der Waals surface area contributed by atoms with E-state index >= 15 is 0 Å². The number of fused-ring (bicyclic) bond motifs is 1. The van der Waals surface area contributed by atoms with E-state index in [4.69, 9.17) is 0 Å². The molecule has 126 valence electrons. The normalized spacial score (nSPS) is 14.7. The maximum Gasteiger partial charge on any atom is 0.317 e. The molecule has 24 heavy (non-hydrogen) atoms. The Balaban J connectivity index is 1.63. The molecule has 3 rings (SSSR count). The summed E-state index contributed by atoms with van der Waals surface area (Å²) >= 11 is 0. The molecule has 1 aromatic carbocycles. The van der Waals surface area contributed by atoms with Crippen LogP contribution in [0.2, 0.25) is 0 Å². The molecule has 0 bridgehead atoms. The number of amides is 3. The predicted molar refractivity (Wildman–Crippen MR) is 92.7 cm³/mol. The molecule has 3 amide bonds. The molecule has 0 spiro atoms. The first kappa shape index (κ1) is 16.2. The first-order valence-corrected chi connectivity index (χ1v) is 8.32. The Morgan fingerprint density at radius 3 is 2.54 bits per heavy atom. The number of rotatable bonds is 3. The molecule has 6 heteroatoms. The molecule has 6 nitrogen and oxygen atoms in total. The van der Waals surface area contributed by atoms with Crippen molar-refractivity contribution in [2.24, 2.45) is 0 Å². The Morgan fingerprint density at radius 2 is 1.79 bits per heavy atom. The van der Waals surface area contributed by atoms with Crippen LogP contribution in [0.3, 0.4) is 0 Å². The van der Waals surface area contributed by atoms with Gasteiger partial charge in [-0.2, -0.15) is 0 Å². The molecule has 1 N–H and O–H groups in total. The monoisotopic (exact) mass is 326 g/mol. The summed E-state index contributed by atoms with van der Waals surface area (Å²) < 4.78 is 0. The molecule has 0 atom stereocenters. The number of urea groups is 1. The first-order valence-electron chi connectivity index (χ1n) is 8.32. The third-order valence-electron chi connectivity index (χ3n) is 4.31. The van der Waals surface area contributed by atoms with Crippen molar-refractivity contribution in [3.63, 3.8) is 0 Å². The molecule has 0 aliphatic carbocycles. The highest BCUT2D eigenvalue weighted by atomic mass is 16.2. The minimum absolute atomic E-state index is 0.0529.